The first-order valence-corrected chi connectivity index (χ1v) is 17.7. The molecule has 0 amide bonds. The van der Waals surface area contributed by atoms with Crippen LogP contribution in [0.2, 0.25) is 0 Å². The SMILES string of the molecule is Fc1c2ccccc2c(F)c2cc(/C=C/c3ccc4cc(N(c5ccccc5-c5ccccc5)c5ccccc5-c5ccccc5)ccc4c3)ccc12. The predicted molar refractivity (Wildman–Crippen MR) is 220 cm³/mol. The van der Waals surface area contributed by atoms with E-state index in [1.165, 1.54) is 0 Å². The summed E-state index contributed by atoms with van der Waals surface area (Å²) >= 11 is 0. The molecule has 0 fully saturated rings. The summed E-state index contributed by atoms with van der Waals surface area (Å²) in [5, 5.41) is 3.35. The molecule has 0 aromatic heterocycles. The fraction of sp³-hybridized carbons (Fsp3) is 0. The van der Waals surface area contributed by atoms with Crippen LogP contribution >= 0.6 is 0 Å². The highest BCUT2D eigenvalue weighted by molar-refractivity contribution is 6.01. The van der Waals surface area contributed by atoms with Crippen molar-refractivity contribution in [3.05, 3.63) is 211 Å². The molecular weight excluding hydrogens is 653 g/mol. The van der Waals surface area contributed by atoms with Crippen LogP contribution in [-0.4, -0.2) is 0 Å². The first kappa shape index (κ1) is 32.1. The van der Waals surface area contributed by atoms with Crippen molar-refractivity contribution in [3.8, 4) is 22.3 Å². The molecule has 0 aliphatic heterocycles. The van der Waals surface area contributed by atoms with Crippen LogP contribution in [0.4, 0.5) is 25.8 Å². The lowest BCUT2D eigenvalue weighted by atomic mass is 9.98. The molecule has 9 aromatic carbocycles. The Labute approximate surface area is 307 Å². The van der Waals surface area contributed by atoms with Gasteiger partial charge in [-0.25, -0.2) is 8.78 Å². The van der Waals surface area contributed by atoms with E-state index in [9.17, 15) is 0 Å². The predicted octanol–water partition coefficient (Wildman–Crippen LogP) is 14.4. The van der Waals surface area contributed by atoms with Gasteiger partial charge in [0.1, 0.15) is 11.6 Å². The smallest absolute Gasteiger partial charge is 0.139 e. The molecule has 252 valence electrons. The average Bonchev–Trinajstić information content (AvgIpc) is 3.23. The van der Waals surface area contributed by atoms with Crippen molar-refractivity contribution in [2.45, 2.75) is 0 Å². The highest BCUT2D eigenvalue weighted by Crippen LogP contribution is 2.45. The molecule has 0 heterocycles. The molecule has 0 unspecified atom stereocenters. The molecule has 1 nitrogen and oxygen atoms in total. The number of anilines is 3. The molecule has 0 aliphatic rings. The minimum Gasteiger partial charge on any atom is -0.309 e. The van der Waals surface area contributed by atoms with E-state index in [1.807, 2.05) is 30.4 Å². The molecule has 9 rings (SSSR count). The molecule has 3 heteroatoms. The van der Waals surface area contributed by atoms with Crippen LogP contribution in [0.25, 0.3) is 66.7 Å². The van der Waals surface area contributed by atoms with Gasteiger partial charge in [-0.2, -0.15) is 0 Å². The Kier molecular flexibility index (Phi) is 8.30. The third-order valence-electron chi connectivity index (χ3n) is 9.95. The summed E-state index contributed by atoms with van der Waals surface area (Å²) in [6.07, 6.45) is 3.96. The number of fused-ring (bicyclic) bond motifs is 3. The Hall–Kier alpha value is -6.84. The van der Waals surface area contributed by atoms with Crippen molar-refractivity contribution < 1.29 is 8.78 Å². The van der Waals surface area contributed by atoms with Crippen molar-refractivity contribution >= 4 is 61.5 Å². The van der Waals surface area contributed by atoms with Crippen molar-refractivity contribution in [1.82, 2.24) is 0 Å². The summed E-state index contributed by atoms with van der Waals surface area (Å²) < 4.78 is 30.7. The van der Waals surface area contributed by atoms with E-state index in [1.54, 1.807) is 36.4 Å². The van der Waals surface area contributed by atoms with E-state index >= 15 is 8.78 Å². The second-order valence-corrected chi connectivity index (χ2v) is 13.2. The van der Waals surface area contributed by atoms with Gasteiger partial charge in [0.05, 0.1) is 11.4 Å². The third-order valence-corrected chi connectivity index (χ3v) is 9.95. The molecule has 9 aromatic rings. The lowest BCUT2D eigenvalue weighted by molar-refractivity contribution is 0.635. The van der Waals surface area contributed by atoms with Gasteiger partial charge >= 0.3 is 0 Å². The zero-order valence-corrected chi connectivity index (χ0v) is 28.8. The molecular formula is C50H33F2N. The number of hydrogen-bond donors (Lipinski definition) is 0. The fourth-order valence-corrected chi connectivity index (χ4v) is 7.35. The lowest BCUT2D eigenvalue weighted by Crippen LogP contribution is -2.12. The van der Waals surface area contributed by atoms with E-state index in [2.05, 4.69) is 138 Å². The van der Waals surface area contributed by atoms with Crippen LogP contribution in [0.1, 0.15) is 11.1 Å². The minimum atomic E-state index is -0.402. The van der Waals surface area contributed by atoms with Crippen LogP contribution in [0.15, 0.2) is 188 Å². The third kappa shape index (κ3) is 6.03. The number of nitrogens with zero attached hydrogens (tertiary/aromatic N) is 1. The van der Waals surface area contributed by atoms with Crippen LogP contribution in [0.3, 0.4) is 0 Å². The van der Waals surface area contributed by atoms with Gasteiger partial charge in [0.25, 0.3) is 0 Å². The zero-order chi connectivity index (χ0) is 35.7. The summed E-state index contributed by atoms with van der Waals surface area (Å²) in [6, 6.07) is 63.1. The van der Waals surface area contributed by atoms with Crippen molar-refractivity contribution in [2.75, 3.05) is 4.90 Å². The van der Waals surface area contributed by atoms with Gasteiger partial charge < -0.3 is 4.90 Å². The largest absolute Gasteiger partial charge is 0.309 e. The van der Waals surface area contributed by atoms with E-state index in [0.717, 1.165) is 61.2 Å². The fourth-order valence-electron chi connectivity index (χ4n) is 7.35. The molecule has 0 saturated heterocycles. The number of hydrogen-bond acceptors (Lipinski definition) is 1. The van der Waals surface area contributed by atoms with Gasteiger partial charge in [-0.3, -0.25) is 0 Å². The maximum absolute atomic E-state index is 15.5. The highest BCUT2D eigenvalue weighted by Gasteiger charge is 2.20. The average molecular weight is 686 g/mol. The summed E-state index contributed by atoms with van der Waals surface area (Å²) in [7, 11) is 0. The van der Waals surface area contributed by atoms with Crippen molar-refractivity contribution in [2.24, 2.45) is 0 Å². The molecule has 0 saturated carbocycles. The van der Waals surface area contributed by atoms with Gasteiger partial charge in [0.2, 0.25) is 0 Å². The summed E-state index contributed by atoms with van der Waals surface area (Å²) in [5.74, 6) is -0.798. The topological polar surface area (TPSA) is 3.24 Å². The molecule has 0 spiro atoms. The summed E-state index contributed by atoms with van der Waals surface area (Å²) in [5.41, 5.74) is 9.60. The van der Waals surface area contributed by atoms with E-state index in [0.29, 0.717) is 10.8 Å². The van der Waals surface area contributed by atoms with Crippen molar-refractivity contribution in [3.63, 3.8) is 0 Å². The number of para-hydroxylation sites is 2. The molecule has 0 aliphatic carbocycles. The van der Waals surface area contributed by atoms with E-state index in [-0.39, 0.29) is 10.8 Å². The van der Waals surface area contributed by atoms with Crippen molar-refractivity contribution in [1.29, 1.82) is 0 Å². The summed E-state index contributed by atoms with van der Waals surface area (Å²) in [4.78, 5) is 2.36. The van der Waals surface area contributed by atoms with E-state index < -0.39 is 11.6 Å². The number of benzene rings is 9. The monoisotopic (exact) mass is 685 g/mol. The molecule has 0 bridgehead atoms. The molecule has 0 N–H and O–H groups in total. The Morgan fingerprint density at radius 3 is 1.43 bits per heavy atom. The first-order chi connectivity index (χ1) is 26.1. The molecule has 0 atom stereocenters. The van der Waals surface area contributed by atoms with Crippen LogP contribution in [0, 0.1) is 11.6 Å². The normalized spacial score (nSPS) is 11.5. The molecule has 0 radical (unpaired) electrons. The van der Waals surface area contributed by atoms with Crippen LogP contribution in [-0.2, 0) is 0 Å². The quantitative estimate of drug-likeness (QED) is 0.119. The van der Waals surface area contributed by atoms with Gasteiger partial charge in [0.15, 0.2) is 0 Å². The van der Waals surface area contributed by atoms with Gasteiger partial charge in [-0.05, 0) is 69.4 Å². The Balaban J connectivity index is 1.11. The first-order valence-electron chi connectivity index (χ1n) is 17.7. The Morgan fingerprint density at radius 2 is 0.811 bits per heavy atom. The highest BCUT2D eigenvalue weighted by atomic mass is 19.1. The van der Waals surface area contributed by atoms with Gasteiger partial charge in [-0.1, -0.05) is 164 Å². The number of rotatable bonds is 7. The zero-order valence-electron chi connectivity index (χ0n) is 28.8. The number of halogens is 2. The Bertz CT molecular complexity index is 2720. The standard InChI is InChI=1S/C50H33F2N/c51-49-43-19-7-8-20-44(43)50(52)46-32-35(26-30-45(46)49)24-23-34-25-27-39-33-40(29-28-38(39)31-34)53(47-21-11-9-17-41(47)36-13-3-1-4-14-36)48-22-12-10-18-42(48)37-15-5-2-6-16-37/h1-33H/b24-23+. The second kappa shape index (κ2) is 13.7. The van der Waals surface area contributed by atoms with Gasteiger partial charge in [-0.15, -0.1) is 0 Å². The lowest BCUT2D eigenvalue weighted by Gasteiger charge is -2.30. The molecule has 53 heavy (non-hydrogen) atoms. The Morgan fingerprint density at radius 1 is 0.358 bits per heavy atom. The van der Waals surface area contributed by atoms with Gasteiger partial charge in [0, 0.05) is 38.4 Å². The maximum Gasteiger partial charge on any atom is 0.139 e. The van der Waals surface area contributed by atoms with Crippen LogP contribution in [0.5, 0.6) is 0 Å². The maximum atomic E-state index is 15.5. The second-order valence-electron chi connectivity index (χ2n) is 13.2. The van der Waals surface area contributed by atoms with Crippen LogP contribution < -0.4 is 4.90 Å². The summed E-state index contributed by atoms with van der Waals surface area (Å²) in [6.45, 7) is 0. The van der Waals surface area contributed by atoms with E-state index in [4.69, 9.17) is 0 Å². The minimum absolute atomic E-state index is 0.279.